The van der Waals surface area contributed by atoms with E-state index in [1.165, 1.54) is 49.6 Å². The number of methoxy groups -OCH3 is 1. The molecule has 21 heavy (non-hydrogen) atoms. The van der Waals surface area contributed by atoms with Crippen LogP contribution >= 0.6 is 0 Å². The fourth-order valence-electron chi connectivity index (χ4n) is 1.89. The molecule has 2 rings (SSSR count). The molecule has 1 atom stereocenters. The lowest BCUT2D eigenvalue weighted by Crippen LogP contribution is -2.06. The molecule has 0 aliphatic carbocycles. The third-order valence-electron chi connectivity index (χ3n) is 2.91. The third-order valence-corrected chi connectivity index (χ3v) is 2.91. The molecule has 2 aromatic carbocycles. The second-order valence-corrected chi connectivity index (χ2v) is 4.24. The summed E-state index contributed by atoms with van der Waals surface area (Å²) in [4.78, 5) is 0. The summed E-state index contributed by atoms with van der Waals surface area (Å²) in [5.74, 6) is -0.473. The first-order valence-corrected chi connectivity index (χ1v) is 6.07. The highest BCUT2D eigenvalue weighted by Gasteiger charge is 2.16. The molecule has 0 fully saturated rings. The quantitative estimate of drug-likeness (QED) is 0.918. The van der Waals surface area contributed by atoms with Gasteiger partial charge in [0, 0.05) is 0 Å². The molecule has 1 unspecified atom stereocenters. The fraction of sp³-hybridized carbons (Fsp3) is 0.200. The van der Waals surface area contributed by atoms with E-state index in [0.29, 0.717) is 11.1 Å². The number of rotatable bonds is 5. The lowest BCUT2D eigenvalue weighted by atomic mass is 10.0. The first-order chi connectivity index (χ1) is 10.0. The summed E-state index contributed by atoms with van der Waals surface area (Å²) in [5, 5.41) is 10.2. The van der Waals surface area contributed by atoms with Gasteiger partial charge in [-0.05, 0) is 35.4 Å². The van der Waals surface area contributed by atoms with E-state index >= 15 is 0 Å². The van der Waals surface area contributed by atoms with Crippen LogP contribution in [0.15, 0.2) is 42.5 Å². The molecular weight excluding hydrogens is 285 g/mol. The Bertz CT molecular complexity index is 600. The van der Waals surface area contributed by atoms with E-state index in [9.17, 15) is 18.3 Å². The van der Waals surface area contributed by atoms with Crippen molar-refractivity contribution in [2.45, 2.75) is 12.7 Å². The Morgan fingerprint density at radius 2 is 1.57 bits per heavy atom. The number of aliphatic hydroxyl groups excluding tert-OH is 1. The summed E-state index contributed by atoms with van der Waals surface area (Å²) in [6.45, 7) is -3.00. The van der Waals surface area contributed by atoms with E-state index in [2.05, 4.69) is 4.74 Å². The molecule has 0 aromatic heterocycles. The summed E-state index contributed by atoms with van der Waals surface area (Å²) in [5.41, 5.74) is 0.766. The van der Waals surface area contributed by atoms with Crippen LogP contribution in [0.5, 0.6) is 11.5 Å². The Morgan fingerprint density at radius 1 is 0.952 bits per heavy atom. The van der Waals surface area contributed by atoms with Crippen molar-refractivity contribution >= 4 is 0 Å². The zero-order valence-electron chi connectivity index (χ0n) is 11.1. The number of hydrogen-bond donors (Lipinski definition) is 1. The molecule has 1 N–H and O–H groups in total. The number of benzene rings is 2. The van der Waals surface area contributed by atoms with Gasteiger partial charge in [0.1, 0.15) is 11.9 Å². The maximum absolute atomic E-state index is 12.9. The minimum absolute atomic E-state index is 0.130. The predicted molar refractivity (Wildman–Crippen MR) is 70.1 cm³/mol. The number of aliphatic hydroxyl groups is 1. The maximum atomic E-state index is 12.9. The smallest absolute Gasteiger partial charge is 0.387 e. The molecule has 0 saturated carbocycles. The predicted octanol–water partition coefficient (Wildman–Crippen LogP) is 3.52. The summed E-state index contributed by atoms with van der Waals surface area (Å²) in [6.07, 6.45) is -1.09. The van der Waals surface area contributed by atoms with Crippen LogP contribution < -0.4 is 9.47 Å². The molecule has 0 spiro atoms. The first kappa shape index (κ1) is 15.2. The molecule has 0 aliphatic rings. The van der Waals surface area contributed by atoms with E-state index in [1.807, 2.05) is 0 Å². The van der Waals surface area contributed by atoms with Crippen molar-refractivity contribution in [1.29, 1.82) is 0 Å². The molecule has 2 aromatic rings. The van der Waals surface area contributed by atoms with Crippen LogP contribution in [0, 0.1) is 5.82 Å². The standard InChI is InChI=1S/C15H13F3O3/c1-20-12-7-4-10(8-13(12)21-15(17)18)14(19)9-2-5-11(16)6-3-9/h2-8,14-15,19H,1H3. The van der Waals surface area contributed by atoms with E-state index in [1.54, 1.807) is 0 Å². The molecule has 112 valence electrons. The molecular formula is C15H13F3O3. The van der Waals surface area contributed by atoms with Gasteiger partial charge in [-0.3, -0.25) is 0 Å². The lowest BCUT2D eigenvalue weighted by molar-refractivity contribution is -0.0513. The Labute approximate surface area is 119 Å². The van der Waals surface area contributed by atoms with Crippen LogP contribution in [-0.2, 0) is 0 Å². The average molecular weight is 298 g/mol. The van der Waals surface area contributed by atoms with Crippen molar-refractivity contribution in [2.75, 3.05) is 7.11 Å². The van der Waals surface area contributed by atoms with E-state index < -0.39 is 18.5 Å². The largest absolute Gasteiger partial charge is 0.493 e. The minimum Gasteiger partial charge on any atom is -0.493 e. The Hall–Kier alpha value is -2.21. The Morgan fingerprint density at radius 3 is 2.14 bits per heavy atom. The van der Waals surface area contributed by atoms with Gasteiger partial charge in [-0.2, -0.15) is 8.78 Å². The van der Waals surface area contributed by atoms with Crippen LogP contribution in [-0.4, -0.2) is 18.8 Å². The van der Waals surface area contributed by atoms with Crippen molar-refractivity contribution in [3.63, 3.8) is 0 Å². The van der Waals surface area contributed by atoms with Crippen LogP contribution in [0.2, 0.25) is 0 Å². The highest BCUT2D eigenvalue weighted by atomic mass is 19.3. The first-order valence-electron chi connectivity index (χ1n) is 6.07. The van der Waals surface area contributed by atoms with Gasteiger partial charge in [-0.15, -0.1) is 0 Å². The van der Waals surface area contributed by atoms with E-state index in [4.69, 9.17) is 4.74 Å². The normalized spacial score (nSPS) is 12.3. The summed E-state index contributed by atoms with van der Waals surface area (Å²) < 4.78 is 46.8. The van der Waals surface area contributed by atoms with Crippen LogP contribution in [0.3, 0.4) is 0 Å². The second-order valence-electron chi connectivity index (χ2n) is 4.24. The number of ether oxygens (including phenoxy) is 2. The van der Waals surface area contributed by atoms with Crippen molar-refractivity contribution < 1.29 is 27.8 Å². The Balaban J connectivity index is 2.32. The Kier molecular flexibility index (Phi) is 4.70. The van der Waals surface area contributed by atoms with Gasteiger partial charge in [-0.25, -0.2) is 4.39 Å². The molecule has 6 heteroatoms. The summed E-state index contributed by atoms with van der Waals surface area (Å²) >= 11 is 0. The zero-order valence-corrected chi connectivity index (χ0v) is 11.1. The van der Waals surface area contributed by atoms with Gasteiger partial charge in [0.05, 0.1) is 7.11 Å². The van der Waals surface area contributed by atoms with Crippen LogP contribution in [0.4, 0.5) is 13.2 Å². The molecule has 0 saturated heterocycles. The van der Waals surface area contributed by atoms with Gasteiger partial charge >= 0.3 is 6.61 Å². The van der Waals surface area contributed by atoms with Gasteiger partial charge < -0.3 is 14.6 Å². The third kappa shape index (κ3) is 3.66. The van der Waals surface area contributed by atoms with Gasteiger partial charge in [0.15, 0.2) is 11.5 Å². The van der Waals surface area contributed by atoms with Crippen molar-refractivity contribution in [1.82, 2.24) is 0 Å². The van der Waals surface area contributed by atoms with Gasteiger partial charge in [-0.1, -0.05) is 18.2 Å². The number of halogens is 3. The topological polar surface area (TPSA) is 38.7 Å². The SMILES string of the molecule is COc1ccc(C(O)c2ccc(F)cc2)cc1OC(F)F. The monoisotopic (exact) mass is 298 g/mol. The molecule has 3 nitrogen and oxygen atoms in total. The van der Waals surface area contributed by atoms with Crippen molar-refractivity contribution in [3.8, 4) is 11.5 Å². The molecule has 0 amide bonds. The fourth-order valence-corrected chi connectivity index (χ4v) is 1.89. The van der Waals surface area contributed by atoms with Crippen molar-refractivity contribution in [2.24, 2.45) is 0 Å². The highest BCUT2D eigenvalue weighted by molar-refractivity contribution is 5.45. The summed E-state index contributed by atoms with van der Waals surface area (Å²) in [7, 11) is 1.32. The molecule has 0 heterocycles. The van der Waals surface area contributed by atoms with Crippen LogP contribution in [0.25, 0.3) is 0 Å². The average Bonchev–Trinajstić information content (AvgIpc) is 2.46. The maximum Gasteiger partial charge on any atom is 0.387 e. The van der Waals surface area contributed by atoms with Gasteiger partial charge in [0.2, 0.25) is 0 Å². The lowest BCUT2D eigenvalue weighted by Gasteiger charge is -2.15. The summed E-state index contributed by atoms with van der Waals surface area (Å²) in [6, 6.07) is 9.44. The number of alkyl halides is 2. The zero-order chi connectivity index (χ0) is 15.4. The molecule has 0 radical (unpaired) electrons. The van der Waals surface area contributed by atoms with E-state index in [-0.39, 0.29) is 11.5 Å². The molecule has 0 bridgehead atoms. The molecule has 0 aliphatic heterocycles. The number of hydrogen-bond acceptors (Lipinski definition) is 3. The van der Waals surface area contributed by atoms with E-state index in [0.717, 1.165) is 0 Å². The second kappa shape index (κ2) is 6.49. The van der Waals surface area contributed by atoms with Crippen LogP contribution in [0.1, 0.15) is 17.2 Å². The minimum atomic E-state index is -3.00. The van der Waals surface area contributed by atoms with Gasteiger partial charge in [0.25, 0.3) is 0 Å². The van der Waals surface area contributed by atoms with Crippen molar-refractivity contribution in [3.05, 3.63) is 59.4 Å². The highest BCUT2D eigenvalue weighted by Crippen LogP contribution is 2.33.